The SMILES string of the molecule is CC1CCN(C(N)=NCC2(S(C)(=O)=O)CC2)CC1. The summed E-state index contributed by atoms with van der Waals surface area (Å²) in [6.07, 6.45) is 5.01. The lowest BCUT2D eigenvalue weighted by Gasteiger charge is -2.31. The number of sulfone groups is 1. The van der Waals surface area contributed by atoms with Gasteiger partial charge in [0.05, 0.1) is 11.3 Å². The van der Waals surface area contributed by atoms with Gasteiger partial charge in [0.1, 0.15) is 0 Å². The molecule has 18 heavy (non-hydrogen) atoms. The molecular formula is C12H23N3O2S. The number of hydrogen-bond acceptors (Lipinski definition) is 3. The molecule has 2 rings (SSSR count). The van der Waals surface area contributed by atoms with Crippen molar-refractivity contribution in [2.24, 2.45) is 16.6 Å². The summed E-state index contributed by atoms with van der Waals surface area (Å²) in [7, 11) is -3.01. The van der Waals surface area contributed by atoms with E-state index in [-0.39, 0.29) is 0 Å². The maximum Gasteiger partial charge on any atom is 0.191 e. The van der Waals surface area contributed by atoms with Crippen molar-refractivity contribution in [3.05, 3.63) is 0 Å². The monoisotopic (exact) mass is 273 g/mol. The molecule has 0 amide bonds. The Bertz CT molecular complexity index is 432. The predicted octanol–water partition coefficient (Wildman–Crippen LogP) is 0.610. The molecule has 5 nitrogen and oxygen atoms in total. The van der Waals surface area contributed by atoms with Crippen LogP contribution in [-0.2, 0) is 9.84 Å². The van der Waals surface area contributed by atoms with Crippen LogP contribution in [0.3, 0.4) is 0 Å². The van der Waals surface area contributed by atoms with Crippen molar-refractivity contribution in [3.8, 4) is 0 Å². The Balaban J connectivity index is 1.94. The summed E-state index contributed by atoms with van der Waals surface area (Å²) >= 11 is 0. The molecule has 6 heteroatoms. The van der Waals surface area contributed by atoms with E-state index in [1.54, 1.807) is 0 Å². The van der Waals surface area contributed by atoms with E-state index in [1.165, 1.54) is 6.26 Å². The number of guanidine groups is 1. The average Bonchev–Trinajstić information content (AvgIpc) is 3.07. The minimum Gasteiger partial charge on any atom is -0.370 e. The third-order valence-electron chi connectivity index (χ3n) is 4.23. The summed E-state index contributed by atoms with van der Waals surface area (Å²) in [6, 6.07) is 0. The van der Waals surface area contributed by atoms with E-state index in [4.69, 9.17) is 5.73 Å². The van der Waals surface area contributed by atoms with Crippen molar-refractivity contribution in [3.63, 3.8) is 0 Å². The lowest BCUT2D eigenvalue weighted by molar-refractivity contribution is 0.277. The highest BCUT2D eigenvalue weighted by molar-refractivity contribution is 7.92. The minimum atomic E-state index is -3.01. The number of piperidine rings is 1. The molecule has 1 aliphatic carbocycles. The van der Waals surface area contributed by atoms with Gasteiger partial charge >= 0.3 is 0 Å². The Labute approximate surface area is 109 Å². The number of rotatable bonds is 3. The standard InChI is InChI=1S/C12H23N3O2S/c1-10-3-7-15(8-4-10)11(13)14-9-12(5-6-12)18(2,16)17/h10H,3-9H2,1-2H3,(H2,13,14). The van der Waals surface area contributed by atoms with E-state index >= 15 is 0 Å². The quantitative estimate of drug-likeness (QED) is 0.604. The predicted molar refractivity (Wildman–Crippen MR) is 73.3 cm³/mol. The Kier molecular flexibility index (Phi) is 3.58. The molecule has 0 unspecified atom stereocenters. The number of nitrogens with two attached hydrogens (primary N) is 1. The van der Waals surface area contributed by atoms with Crippen LogP contribution in [0.15, 0.2) is 4.99 Å². The molecule has 1 saturated heterocycles. The number of hydrogen-bond donors (Lipinski definition) is 1. The minimum absolute atomic E-state index is 0.323. The molecule has 0 spiro atoms. The van der Waals surface area contributed by atoms with Crippen LogP contribution in [0.5, 0.6) is 0 Å². The van der Waals surface area contributed by atoms with Crippen LogP contribution in [0.4, 0.5) is 0 Å². The van der Waals surface area contributed by atoms with Crippen LogP contribution in [0, 0.1) is 5.92 Å². The Morgan fingerprint density at radius 1 is 1.39 bits per heavy atom. The maximum absolute atomic E-state index is 11.6. The molecule has 104 valence electrons. The zero-order valence-corrected chi connectivity index (χ0v) is 12.0. The summed E-state index contributed by atoms with van der Waals surface area (Å²) in [6.45, 7) is 4.43. The molecular weight excluding hydrogens is 250 g/mol. The largest absolute Gasteiger partial charge is 0.370 e. The second-order valence-electron chi connectivity index (χ2n) is 5.80. The molecule has 0 bridgehead atoms. The van der Waals surface area contributed by atoms with Gasteiger partial charge in [0.15, 0.2) is 15.8 Å². The number of likely N-dealkylation sites (tertiary alicyclic amines) is 1. The highest BCUT2D eigenvalue weighted by atomic mass is 32.2. The third-order valence-corrected chi connectivity index (χ3v) is 6.34. The van der Waals surface area contributed by atoms with Crippen LogP contribution in [0.2, 0.25) is 0 Å². The maximum atomic E-state index is 11.6. The molecule has 1 saturated carbocycles. The summed E-state index contributed by atoms with van der Waals surface area (Å²) in [5.74, 6) is 1.26. The molecule has 0 atom stereocenters. The third kappa shape index (κ3) is 2.79. The number of aliphatic imine (C=N–C) groups is 1. The molecule has 0 aromatic heterocycles. The van der Waals surface area contributed by atoms with Crippen LogP contribution >= 0.6 is 0 Å². The molecule has 2 fully saturated rings. The first kappa shape index (κ1) is 13.6. The van der Waals surface area contributed by atoms with Crippen molar-refractivity contribution in [1.82, 2.24) is 4.90 Å². The van der Waals surface area contributed by atoms with E-state index in [0.717, 1.165) is 44.7 Å². The van der Waals surface area contributed by atoms with Gasteiger partial charge in [-0.25, -0.2) is 8.42 Å². The van der Waals surface area contributed by atoms with Crippen molar-refractivity contribution >= 4 is 15.8 Å². The van der Waals surface area contributed by atoms with Gasteiger partial charge in [-0.2, -0.15) is 0 Å². The van der Waals surface area contributed by atoms with Crippen LogP contribution in [0.25, 0.3) is 0 Å². The van der Waals surface area contributed by atoms with Gasteiger partial charge in [0.25, 0.3) is 0 Å². The van der Waals surface area contributed by atoms with E-state index in [1.807, 2.05) is 0 Å². The van der Waals surface area contributed by atoms with Gasteiger partial charge in [-0.1, -0.05) is 6.92 Å². The van der Waals surface area contributed by atoms with Gasteiger partial charge < -0.3 is 10.6 Å². The van der Waals surface area contributed by atoms with Crippen LogP contribution in [-0.4, -0.2) is 49.9 Å². The van der Waals surface area contributed by atoms with Gasteiger partial charge in [-0.15, -0.1) is 0 Å². The van der Waals surface area contributed by atoms with E-state index < -0.39 is 14.6 Å². The van der Waals surface area contributed by atoms with Crippen molar-refractivity contribution in [1.29, 1.82) is 0 Å². The number of nitrogens with zero attached hydrogens (tertiary/aromatic N) is 2. The highest BCUT2D eigenvalue weighted by Crippen LogP contribution is 2.43. The summed E-state index contributed by atoms with van der Waals surface area (Å²) < 4.78 is 22.6. The lowest BCUT2D eigenvalue weighted by Crippen LogP contribution is -2.43. The molecule has 0 radical (unpaired) electrons. The van der Waals surface area contributed by atoms with Crippen molar-refractivity contribution in [2.75, 3.05) is 25.9 Å². The van der Waals surface area contributed by atoms with Crippen molar-refractivity contribution in [2.45, 2.75) is 37.4 Å². The van der Waals surface area contributed by atoms with Gasteiger partial charge in [0.2, 0.25) is 0 Å². The van der Waals surface area contributed by atoms with Gasteiger partial charge in [-0.3, -0.25) is 4.99 Å². The second kappa shape index (κ2) is 4.72. The highest BCUT2D eigenvalue weighted by Gasteiger charge is 2.52. The Hall–Kier alpha value is -0.780. The normalized spacial score (nSPS) is 25.2. The second-order valence-corrected chi connectivity index (χ2v) is 8.21. The zero-order valence-electron chi connectivity index (χ0n) is 11.2. The summed E-state index contributed by atoms with van der Waals surface area (Å²) in [5, 5.41) is 0. The van der Waals surface area contributed by atoms with E-state index in [9.17, 15) is 8.42 Å². The molecule has 1 heterocycles. The zero-order chi connectivity index (χ0) is 13.4. The summed E-state index contributed by atoms with van der Waals surface area (Å²) in [4.78, 5) is 6.38. The fourth-order valence-corrected chi connectivity index (χ4v) is 3.49. The molecule has 0 aromatic rings. The van der Waals surface area contributed by atoms with Crippen molar-refractivity contribution < 1.29 is 8.42 Å². The topological polar surface area (TPSA) is 75.8 Å². The van der Waals surface area contributed by atoms with Crippen LogP contribution in [0.1, 0.15) is 32.6 Å². The molecule has 2 N–H and O–H groups in total. The van der Waals surface area contributed by atoms with E-state index in [0.29, 0.717) is 12.5 Å². The Morgan fingerprint density at radius 2 is 1.94 bits per heavy atom. The summed E-state index contributed by atoms with van der Waals surface area (Å²) in [5.41, 5.74) is 5.95. The smallest absolute Gasteiger partial charge is 0.191 e. The van der Waals surface area contributed by atoms with Crippen LogP contribution < -0.4 is 5.73 Å². The first-order valence-corrected chi connectivity index (χ1v) is 8.48. The van der Waals surface area contributed by atoms with E-state index in [2.05, 4.69) is 16.8 Å². The first-order chi connectivity index (χ1) is 8.34. The first-order valence-electron chi connectivity index (χ1n) is 6.58. The fraction of sp³-hybridized carbons (Fsp3) is 0.917. The molecule has 2 aliphatic rings. The average molecular weight is 273 g/mol. The molecule has 1 aliphatic heterocycles. The lowest BCUT2D eigenvalue weighted by atomic mass is 10.00. The molecule has 0 aromatic carbocycles. The Morgan fingerprint density at radius 3 is 2.39 bits per heavy atom. The van der Waals surface area contributed by atoms with Gasteiger partial charge in [-0.05, 0) is 31.6 Å². The fourth-order valence-electron chi connectivity index (χ4n) is 2.35. The van der Waals surface area contributed by atoms with Gasteiger partial charge in [0, 0.05) is 19.3 Å².